The smallest absolute Gasteiger partial charge is 0.471 e. The number of rotatable bonds is 4. The molecule has 0 saturated heterocycles. The van der Waals surface area contributed by atoms with Crippen LogP contribution < -0.4 is 10.9 Å². The van der Waals surface area contributed by atoms with Crippen LogP contribution in [0.2, 0.25) is 0 Å². The van der Waals surface area contributed by atoms with Gasteiger partial charge in [-0.05, 0) is 22.0 Å². The van der Waals surface area contributed by atoms with Gasteiger partial charge in [-0.25, -0.2) is 4.79 Å². The van der Waals surface area contributed by atoms with Crippen LogP contribution in [0.3, 0.4) is 0 Å². The van der Waals surface area contributed by atoms with Crippen molar-refractivity contribution < 1.29 is 27.9 Å². The summed E-state index contributed by atoms with van der Waals surface area (Å²) in [6, 6.07) is 1.08. The minimum absolute atomic E-state index is 0.275. The number of carbonyl (C=O) groups is 2. The summed E-state index contributed by atoms with van der Waals surface area (Å²) in [4.78, 5) is 33.0. The zero-order valence-electron chi connectivity index (χ0n) is 9.70. The minimum Gasteiger partial charge on any atom is -0.477 e. The van der Waals surface area contributed by atoms with Crippen LogP contribution >= 0.6 is 15.9 Å². The monoisotopic (exact) mass is 356 g/mol. The van der Waals surface area contributed by atoms with E-state index in [1.807, 2.05) is 0 Å². The normalized spacial score (nSPS) is 11.2. The zero-order chi connectivity index (χ0) is 15.5. The van der Waals surface area contributed by atoms with Crippen molar-refractivity contribution in [2.24, 2.45) is 0 Å². The average Bonchev–Trinajstić information content (AvgIpc) is 2.31. The van der Waals surface area contributed by atoms with E-state index in [0.29, 0.717) is 0 Å². The second kappa shape index (κ2) is 6.07. The summed E-state index contributed by atoms with van der Waals surface area (Å²) in [6.45, 7) is -0.756. The van der Waals surface area contributed by atoms with Gasteiger partial charge in [-0.3, -0.25) is 9.59 Å². The van der Waals surface area contributed by atoms with Gasteiger partial charge in [0.1, 0.15) is 5.56 Å². The van der Waals surface area contributed by atoms with E-state index in [4.69, 9.17) is 5.11 Å². The van der Waals surface area contributed by atoms with Crippen LogP contribution in [0.5, 0.6) is 0 Å². The summed E-state index contributed by atoms with van der Waals surface area (Å²) in [5.74, 6) is -3.58. The standard InChI is InChI=1S/C10H8BrF3N2O4/c11-5-3-6(8(18)19)7(17)16(4-5)2-1-15-9(20)10(12,13)14/h3-4H,1-2H2,(H,15,20)(H,18,19). The largest absolute Gasteiger partial charge is 0.477 e. The summed E-state index contributed by atoms with van der Waals surface area (Å²) in [6.07, 6.45) is -3.79. The van der Waals surface area contributed by atoms with E-state index in [0.717, 1.165) is 10.6 Å². The van der Waals surface area contributed by atoms with Crippen molar-refractivity contribution >= 4 is 27.8 Å². The number of nitrogens with zero attached hydrogens (tertiary/aromatic N) is 1. The molecule has 0 aliphatic rings. The quantitative estimate of drug-likeness (QED) is 0.841. The Labute approximate surface area is 118 Å². The zero-order valence-corrected chi connectivity index (χ0v) is 11.3. The number of carboxylic acids is 1. The number of carbonyl (C=O) groups excluding carboxylic acids is 1. The van der Waals surface area contributed by atoms with Gasteiger partial charge in [0.15, 0.2) is 0 Å². The molecule has 1 rings (SSSR count). The van der Waals surface area contributed by atoms with Crippen molar-refractivity contribution in [1.29, 1.82) is 0 Å². The molecule has 1 aromatic heterocycles. The Morgan fingerprint density at radius 3 is 2.50 bits per heavy atom. The molecule has 1 amide bonds. The Balaban J connectivity index is 2.82. The van der Waals surface area contributed by atoms with E-state index in [1.165, 1.54) is 6.20 Å². The molecule has 0 atom stereocenters. The van der Waals surface area contributed by atoms with E-state index in [9.17, 15) is 27.6 Å². The molecule has 1 heterocycles. The first-order valence-corrected chi connectivity index (χ1v) is 5.90. The Morgan fingerprint density at radius 2 is 2.00 bits per heavy atom. The molecular weight excluding hydrogens is 349 g/mol. The molecule has 0 radical (unpaired) electrons. The number of alkyl halides is 3. The highest BCUT2D eigenvalue weighted by Crippen LogP contribution is 2.13. The Hall–Kier alpha value is -1.84. The third kappa shape index (κ3) is 4.08. The third-order valence-electron chi connectivity index (χ3n) is 2.18. The molecule has 0 fully saturated rings. The molecule has 6 nitrogen and oxygen atoms in total. The summed E-state index contributed by atoms with van der Waals surface area (Å²) >= 11 is 2.98. The number of nitrogens with one attached hydrogen (secondary N) is 1. The maximum absolute atomic E-state index is 11.9. The fourth-order valence-corrected chi connectivity index (χ4v) is 1.78. The van der Waals surface area contributed by atoms with Gasteiger partial charge in [-0.15, -0.1) is 0 Å². The molecule has 1 aromatic rings. The number of carboxylic acid groups (broad SMARTS) is 1. The van der Waals surface area contributed by atoms with Crippen molar-refractivity contribution in [2.75, 3.05) is 6.54 Å². The second-order valence-electron chi connectivity index (χ2n) is 3.63. The lowest BCUT2D eigenvalue weighted by atomic mass is 10.3. The van der Waals surface area contributed by atoms with E-state index in [2.05, 4.69) is 15.9 Å². The summed E-state index contributed by atoms with van der Waals surface area (Å²) in [7, 11) is 0. The Kier molecular flexibility index (Phi) is 4.93. The van der Waals surface area contributed by atoms with Crippen molar-refractivity contribution in [2.45, 2.75) is 12.7 Å². The predicted octanol–water partition coefficient (Wildman–Crippen LogP) is 0.987. The minimum atomic E-state index is -5.01. The Morgan fingerprint density at radius 1 is 1.40 bits per heavy atom. The highest BCUT2D eigenvalue weighted by Gasteiger charge is 2.38. The number of pyridine rings is 1. The third-order valence-corrected chi connectivity index (χ3v) is 2.61. The molecule has 0 unspecified atom stereocenters. The van der Waals surface area contributed by atoms with Crippen molar-refractivity contribution in [1.82, 2.24) is 9.88 Å². The number of hydrogen-bond donors (Lipinski definition) is 2. The van der Waals surface area contributed by atoms with E-state index in [-0.39, 0.29) is 11.0 Å². The summed E-state index contributed by atoms with van der Waals surface area (Å²) < 4.78 is 36.9. The maximum atomic E-state index is 11.9. The molecule has 10 heteroatoms. The van der Waals surface area contributed by atoms with Crippen molar-refractivity contribution in [3.8, 4) is 0 Å². The highest BCUT2D eigenvalue weighted by atomic mass is 79.9. The lowest BCUT2D eigenvalue weighted by molar-refractivity contribution is -0.173. The lowest BCUT2D eigenvalue weighted by Gasteiger charge is -2.10. The topological polar surface area (TPSA) is 88.4 Å². The van der Waals surface area contributed by atoms with Crippen LogP contribution in [0.4, 0.5) is 13.2 Å². The van der Waals surface area contributed by atoms with Crippen LogP contribution in [0.15, 0.2) is 21.5 Å². The van der Waals surface area contributed by atoms with Gasteiger partial charge in [-0.2, -0.15) is 13.2 Å². The van der Waals surface area contributed by atoms with E-state index in [1.54, 1.807) is 5.32 Å². The molecular formula is C10H8BrF3N2O4. The number of hydrogen-bond acceptors (Lipinski definition) is 3. The first-order valence-electron chi connectivity index (χ1n) is 5.11. The molecule has 0 aliphatic carbocycles. The van der Waals surface area contributed by atoms with Gasteiger partial charge in [-0.1, -0.05) is 0 Å². The summed E-state index contributed by atoms with van der Waals surface area (Å²) in [5.41, 5.74) is -1.40. The maximum Gasteiger partial charge on any atom is 0.471 e. The van der Waals surface area contributed by atoms with Crippen LogP contribution in [0.1, 0.15) is 10.4 Å². The SMILES string of the molecule is O=C(O)c1cc(Br)cn(CCNC(=O)C(F)(F)F)c1=O. The van der Waals surface area contributed by atoms with Gasteiger partial charge in [0, 0.05) is 23.8 Å². The van der Waals surface area contributed by atoms with Crippen molar-refractivity contribution in [3.05, 3.63) is 32.7 Å². The molecule has 110 valence electrons. The Bertz CT molecular complexity index is 597. The van der Waals surface area contributed by atoms with Crippen LogP contribution in [-0.4, -0.2) is 34.3 Å². The van der Waals surface area contributed by atoms with Gasteiger partial charge in [0.05, 0.1) is 0 Å². The van der Waals surface area contributed by atoms with Gasteiger partial charge in [0.2, 0.25) is 0 Å². The number of amides is 1. The van der Waals surface area contributed by atoms with Crippen LogP contribution in [0, 0.1) is 0 Å². The van der Waals surface area contributed by atoms with E-state index >= 15 is 0 Å². The lowest BCUT2D eigenvalue weighted by Crippen LogP contribution is -2.39. The fourth-order valence-electron chi connectivity index (χ4n) is 1.31. The van der Waals surface area contributed by atoms with Crippen LogP contribution in [0.25, 0.3) is 0 Å². The molecule has 0 aromatic carbocycles. The molecule has 20 heavy (non-hydrogen) atoms. The first-order chi connectivity index (χ1) is 9.12. The van der Waals surface area contributed by atoms with Crippen LogP contribution in [-0.2, 0) is 11.3 Å². The summed E-state index contributed by atoms with van der Waals surface area (Å²) in [5, 5.41) is 10.4. The number of aromatic carboxylic acids is 1. The van der Waals surface area contributed by atoms with E-state index < -0.39 is 35.7 Å². The molecule has 0 aliphatic heterocycles. The average molecular weight is 357 g/mol. The molecule has 0 spiro atoms. The second-order valence-corrected chi connectivity index (χ2v) is 4.55. The first kappa shape index (κ1) is 16.2. The van der Waals surface area contributed by atoms with Crippen molar-refractivity contribution in [3.63, 3.8) is 0 Å². The number of halogens is 4. The molecule has 0 saturated carbocycles. The molecule has 0 bridgehead atoms. The molecule has 2 N–H and O–H groups in total. The van der Waals surface area contributed by atoms with Gasteiger partial charge < -0.3 is 15.0 Å². The highest BCUT2D eigenvalue weighted by molar-refractivity contribution is 9.10. The predicted molar refractivity (Wildman–Crippen MR) is 64.4 cm³/mol. The van der Waals surface area contributed by atoms with Gasteiger partial charge >= 0.3 is 18.1 Å². The van der Waals surface area contributed by atoms with Gasteiger partial charge in [0.25, 0.3) is 5.56 Å². The number of aromatic nitrogens is 1. The fraction of sp³-hybridized carbons (Fsp3) is 0.300.